The Balaban J connectivity index is 1.84. The third-order valence-corrected chi connectivity index (χ3v) is 5.46. The van der Waals surface area contributed by atoms with E-state index in [1.54, 1.807) is 12.1 Å². The molecular weight excluding hydrogens is 340 g/mol. The smallest absolute Gasteiger partial charge is 0.263 e. The average Bonchev–Trinajstić information content (AvgIpc) is 3.20. The van der Waals surface area contributed by atoms with E-state index in [0.717, 1.165) is 18.5 Å². The maximum atomic E-state index is 12.6. The first-order valence-electron chi connectivity index (χ1n) is 8.40. The van der Waals surface area contributed by atoms with Crippen LogP contribution >= 0.6 is 0 Å². The molecule has 25 heavy (non-hydrogen) atoms. The SMILES string of the molecule is CCC[C@@H](C)c1cc(NS(=O)(=O)c2ccc3oc(CC)nc3c2)n[nH]1. The molecule has 0 aliphatic carbocycles. The molecule has 0 aliphatic heterocycles. The lowest BCUT2D eigenvalue weighted by Gasteiger charge is -2.06. The topological polar surface area (TPSA) is 101 Å². The van der Waals surface area contributed by atoms with Crippen molar-refractivity contribution in [1.82, 2.24) is 15.2 Å². The van der Waals surface area contributed by atoms with Crippen LogP contribution in [0, 0.1) is 0 Å². The van der Waals surface area contributed by atoms with Crippen LogP contribution in [0.2, 0.25) is 0 Å². The van der Waals surface area contributed by atoms with Crippen LogP contribution in [0.1, 0.15) is 51.1 Å². The summed E-state index contributed by atoms with van der Waals surface area (Å²) in [6.07, 6.45) is 2.72. The largest absolute Gasteiger partial charge is 0.441 e. The molecule has 7 nitrogen and oxygen atoms in total. The first-order chi connectivity index (χ1) is 11.9. The normalized spacial score (nSPS) is 13.2. The van der Waals surface area contributed by atoms with Crippen LogP contribution in [0.3, 0.4) is 0 Å². The second-order valence-electron chi connectivity index (χ2n) is 6.09. The molecule has 134 valence electrons. The molecule has 3 rings (SSSR count). The van der Waals surface area contributed by atoms with Gasteiger partial charge in [-0.15, -0.1) is 0 Å². The molecule has 0 radical (unpaired) electrons. The number of nitrogens with zero attached hydrogens (tertiary/aromatic N) is 2. The number of rotatable bonds is 7. The third-order valence-electron chi connectivity index (χ3n) is 4.11. The van der Waals surface area contributed by atoms with E-state index in [9.17, 15) is 8.42 Å². The highest BCUT2D eigenvalue weighted by molar-refractivity contribution is 7.92. The van der Waals surface area contributed by atoms with Gasteiger partial charge in [-0.2, -0.15) is 5.10 Å². The third kappa shape index (κ3) is 3.68. The number of aryl methyl sites for hydroxylation is 1. The molecule has 2 heterocycles. The van der Waals surface area contributed by atoms with Gasteiger partial charge in [0.2, 0.25) is 0 Å². The van der Waals surface area contributed by atoms with Gasteiger partial charge >= 0.3 is 0 Å². The number of aromatic amines is 1. The van der Waals surface area contributed by atoms with E-state index in [1.165, 1.54) is 12.1 Å². The van der Waals surface area contributed by atoms with E-state index in [1.807, 2.05) is 6.92 Å². The predicted octanol–water partition coefficient (Wildman–Crippen LogP) is 3.82. The second-order valence-corrected chi connectivity index (χ2v) is 7.78. The number of anilines is 1. The molecule has 2 aromatic heterocycles. The fourth-order valence-electron chi connectivity index (χ4n) is 2.70. The molecule has 1 aromatic carbocycles. The Labute approximate surface area is 146 Å². The molecule has 0 spiro atoms. The van der Waals surface area contributed by atoms with Gasteiger partial charge in [-0.05, 0) is 30.5 Å². The molecule has 0 fully saturated rings. The quantitative estimate of drug-likeness (QED) is 0.665. The van der Waals surface area contributed by atoms with Crippen molar-refractivity contribution in [2.45, 2.75) is 50.8 Å². The van der Waals surface area contributed by atoms with Crippen molar-refractivity contribution in [1.29, 1.82) is 0 Å². The van der Waals surface area contributed by atoms with Crippen molar-refractivity contribution in [2.75, 3.05) is 4.72 Å². The summed E-state index contributed by atoms with van der Waals surface area (Å²) in [5, 5.41) is 6.96. The van der Waals surface area contributed by atoms with E-state index in [4.69, 9.17) is 4.42 Å². The molecule has 0 bridgehead atoms. The number of aromatic nitrogens is 3. The first-order valence-corrected chi connectivity index (χ1v) is 9.88. The molecule has 8 heteroatoms. The van der Waals surface area contributed by atoms with Gasteiger partial charge in [-0.1, -0.05) is 27.2 Å². The fourth-order valence-corrected chi connectivity index (χ4v) is 3.71. The van der Waals surface area contributed by atoms with Crippen LogP contribution in [0.15, 0.2) is 33.6 Å². The van der Waals surface area contributed by atoms with E-state index < -0.39 is 10.0 Å². The Hall–Kier alpha value is -2.35. The number of hydrogen-bond donors (Lipinski definition) is 2. The van der Waals surface area contributed by atoms with Crippen molar-refractivity contribution in [3.63, 3.8) is 0 Å². The molecule has 0 aliphatic rings. The summed E-state index contributed by atoms with van der Waals surface area (Å²) in [5.41, 5.74) is 2.02. The molecule has 0 saturated carbocycles. The predicted molar refractivity (Wildman–Crippen MR) is 96.1 cm³/mol. The minimum absolute atomic E-state index is 0.127. The van der Waals surface area contributed by atoms with Crippen LogP contribution < -0.4 is 4.72 Å². The Morgan fingerprint density at radius 2 is 2.08 bits per heavy atom. The molecule has 0 amide bonds. The van der Waals surface area contributed by atoms with E-state index in [0.29, 0.717) is 29.3 Å². The highest BCUT2D eigenvalue weighted by Gasteiger charge is 2.18. The number of hydrogen-bond acceptors (Lipinski definition) is 5. The molecule has 2 N–H and O–H groups in total. The van der Waals surface area contributed by atoms with Crippen molar-refractivity contribution >= 4 is 26.9 Å². The van der Waals surface area contributed by atoms with Crippen molar-refractivity contribution in [3.8, 4) is 0 Å². The lowest BCUT2D eigenvalue weighted by molar-refractivity contribution is 0.538. The molecular formula is C17H22N4O3S. The summed E-state index contributed by atoms with van der Waals surface area (Å²) >= 11 is 0. The zero-order valence-corrected chi connectivity index (χ0v) is 15.4. The van der Waals surface area contributed by atoms with Crippen LogP contribution in [0.25, 0.3) is 11.1 Å². The monoisotopic (exact) mass is 362 g/mol. The van der Waals surface area contributed by atoms with E-state index >= 15 is 0 Å². The molecule has 1 atom stereocenters. The van der Waals surface area contributed by atoms with Crippen LogP contribution in [-0.4, -0.2) is 23.6 Å². The van der Waals surface area contributed by atoms with Crippen molar-refractivity contribution in [2.24, 2.45) is 0 Å². The maximum Gasteiger partial charge on any atom is 0.263 e. The van der Waals surface area contributed by atoms with Crippen LogP contribution in [0.4, 0.5) is 5.82 Å². The zero-order chi connectivity index (χ0) is 18.0. The Morgan fingerprint density at radius 1 is 1.28 bits per heavy atom. The molecule has 0 saturated heterocycles. The van der Waals surface area contributed by atoms with E-state index in [2.05, 4.69) is 33.8 Å². The van der Waals surface area contributed by atoms with E-state index in [-0.39, 0.29) is 10.7 Å². The minimum Gasteiger partial charge on any atom is -0.441 e. The second kappa shape index (κ2) is 6.87. The molecule has 0 unspecified atom stereocenters. The average molecular weight is 362 g/mol. The number of sulfonamides is 1. The van der Waals surface area contributed by atoms with Gasteiger partial charge in [-0.3, -0.25) is 9.82 Å². The van der Waals surface area contributed by atoms with Crippen molar-refractivity contribution in [3.05, 3.63) is 35.9 Å². The summed E-state index contributed by atoms with van der Waals surface area (Å²) in [5.74, 6) is 1.17. The maximum absolute atomic E-state index is 12.6. The van der Waals surface area contributed by atoms with Crippen molar-refractivity contribution < 1.29 is 12.8 Å². The van der Waals surface area contributed by atoms with Gasteiger partial charge in [0.05, 0.1) is 4.90 Å². The standard InChI is InChI=1S/C17H22N4O3S/c1-4-6-11(3)13-10-16(20-19-13)21-25(22,23)12-7-8-15-14(9-12)18-17(5-2)24-15/h7-11H,4-6H2,1-3H3,(H2,19,20,21)/t11-/m1/s1. The fraction of sp³-hybridized carbons (Fsp3) is 0.412. The van der Waals surface area contributed by atoms with Crippen LogP contribution in [-0.2, 0) is 16.4 Å². The number of benzene rings is 1. The number of fused-ring (bicyclic) bond motifs is 1. The van der Waals surface area contributed by atoms with Gasteiger partial charge in [0.1, 0.15) is 5.52 Å². The Bertz CT molecular complexity index is 975. The Kier molecular flexibility index (Phi) is 4.80. The van der Waals surface area contributed by atoms with Gasteiger partial charge < -0.3 is 4.42 Å². The lowest BCUT2D eigenvalue weighted by atomic mass is 10.0. The number of oxazole rings is 1. The molecule has 3 aromatic rings. The number of nitrogens with one attached hydrogen (secondary N) is 2. The van der Waals surface area contributed by atoms with Gasteiger partial charge in [-0.25, -0.2) is 13.4 Å². The summed E-state index contributed by atoms with van der Waals surface area (Å²) in [6, 6.07) is 6.37. The van der Waals surface area contributed by atoms with Gasteiger partial charge in [0, 0.05) is 18.2 Å². The zero-order valence-electron chi connectivity index (χ0n) is 14.5. The highest BCUT2D eigenvalue weighted by Crippen LogP contribution is 2.24. The summed E-state index contributed by atoms with van der Waals surface area (Å²) < 4.78 is 33.2. The van der Waals surface area contributed by atoms with Gasteiger partial charge in [0.15, 0.2) is 17.3 Å². The Morgan fingerprint density at radius 3 is 2.80 bits per heavy atom. The highest BCUT2D eigenvalue weighted by atomic mass is 32.2. The number of H-pyrrole nitrogens is 1. The van der Waals surface area contributed by atoms with Gasteiger partial charge in [0.25, 0.3) is 10.0 Å². The summed E-state index contributed by atoms with van der Waals surface area (Å²) in [6.45, 7) is 6.12. The summed E-state index contributed by atoms with van der Waals surface area (Å²) in [4.78, 5) is 4.41. The summed E-state index contributed by atoms with van der Waals surface area (Å²) in [7, 11) is -3.74. The first kappa shape index (κ1) is 17.5. The minimum atomic E-state index is -3.74. The van der Waals surface area contributed by atoms with Crippen LogP contribution in [0.5, 0.6) is 0 Å². The lowest BCUT2D eigenvalue weighted by Crippen LogP contribution is -2.13.